The third-order valence-electron chi connectivity index (χ3n) is 2.36. The van der Waals surface area contributed by atoms with E-state index in [0.717, 1.165) is 12.8 Å². The zero-order chi connectivity index (χ0) is 10.1. The standard InChI is InChI=1S/C14H17/c1-2-3-4-5-6-8-11-14-12-9-7-10-13-14/h7,9-10,12-13H,3-6,8,11H2. The second-order valence-corrected chi connectivity index (χ2v) is 3.58. The molecule has 0 aromatic heterocycles. The Kier molecular flexibility index (Phi) is 5.59. The highest BCUT2D eigenvalue weighted by Gasteiger charge is 1.92. The van der Waals surface area contributed by atoms with Crippen molar-refractivity contribution in [1.29, 1.82) is 0 Å². The van der Waals surface area contributed by atoms with E-state index in [1.54, 1.807) is 0 Å². The highest BCUT2D eigenvalue weighted by molar-refractivity contribution is 5.14. The van der Waals surface area contributed by atoms with Gasteiger partial charge in [0.2, 0.25) is 0 Å². The predicted octanol–water partition coefficient (Wildman–Crippen LogP) is 3.77. The van der Waals surface area contributed by atoms with Gasteiger partial charge in [-0.2, -0.15) is 0 Å². The average Bonchev–Trinajstić information content (AvgIpc) is 2.25. The average molecular weight is 185 g/mol. The first-order chi connectivity index (χ1) is 6.93. The van der Waals surface area contributed by atoms with Gasteiger partial charge in [0.15, 0.2) is 0 Å². The van der Waals surface area contributed by atoms with Crippen LogP contribution in [0.3, 0.4) is 0 Å². The topological polar surface area (TPSA) is 0 Å². The van der Waals surface area contributed by atoms with Crippen LogP contribution in [-0.2, 0) is 6.42 Å². The van der Waals surface area contributed by atoms with E-state index in [9.17, 15) is 0 Å². The van der Waals surface area contributed by atoms with Crippen molar-refractivity contribution in [3.05, 3.63) is 42.3 Å². The lowest BCUT2D eigenvalue weighted by Gasteiger charge is -2.00. The molecule has 1 rings (SSSR count). The van der Waals surface area contributed by atoms with Crippen LogP contribution in [0.5, 0.6) is 0 Å². The molecule has 0 nitrogen and oxygen atoms in total. The molecule has 1 radical (unpaired) electrons. The number of benzene rings is 1. The first-order valence-corrected chi connectivity index (χ1v) is 5.37. The van der Waals surface area contributed by atoms with E-state index in [1.165, 1.54) is 31.2 Å². The summed E-state index contributed by atoms with van der Waals surface area (Å²) in [4.78, 5) is 0. The summed E-state index contributed by atoms with van der Waals surface area (Å²) in [5.74, 6) is 2.43. The smallest absolute Gasteiger partial charge is 0.00989 e. The minimum absolute atomic E-state index is 0.825. The van der Waals surface area contributed by atoms with Gasteiger partial charge < -0.3 is 0 Å². The van der Waals surface area contributed by atoms with E-state index in [1.807, 2.05) is 0 Å². The van der Waals surface area contributed by atoms with Crippen LogP contribution in [0, 0.1) is 12.3 Å². The monoisotopic (exact) mass is 185 g/mol. The molecule has 0 saturated carbocycles. The zero-order valence-electron chi connectivity index (χ0n) is 8.63. The predicted molar refractivity (Wildman–Crippen MR) is 60.4 cm³/mol. The molecule has 0 aliphatic carbocycles. The van der Waals surface area contributed by atoms with Crippen LogP contribution in [0.4, 0.5) is 0 Å². The van der Waals surface area contributed by atoms with Gasteiger partial charge in [-0.1, -0.05) is 49.1 Å². The number of hydrogen-bond acceptors (Lipinski definition) is 0. The van der Waals surface area contributed by atoms with Crippen molar-refractivity contribution in [3.8, 4) is 5.92 Å². The van der Waals surface area contributed by atoms with Crippen molar-refractivity contribution in [2.24, 2.45) is 0 Å². The Morgan fingerprint density at radius 2 is 1.64 bits per heavy atom. The Morgan fingerprint density at radius 3 is 2.36 bits per heavy atom. The van der Waals surface area contributed by atoms with E-state index in [0.29, 0.717) is 0 Å². The SMILES string of the molecule is [C]#CCCCCCCc1ccccc1. The second kappa shape index (κ2) is 7.21. The van der Waals surface area contributed by atoms with Crippen molar-refractivity contribution in [2.75, 3.05) is 0 Å². The van der Waals surface area contributed by atoms with Crippen molar-refractivity contribution in [3.63, 3.8) is 0 Å². The van der Waals surface area contributed by atoms with E-state index < -0.39 is 0 Å². The fourth-order valence-electron chi connectivity index (χ4n) is 1.54. The summed E-state index contributed by atoms with van der Waals surface area (Å²) >= 11 is 0. The molecular formula is C14H17. The third kappa shape index (κ3) is 4.72. The van der Waals surface area contributed by atoms with Crippen molar-refractivity contribution in [2.45, 2.75) is 38.5 Å². The normalized spacial score (nSPS) is 9.64. The summed E-state index contributed by atoms with van der Waals surface area (Å²) in [6, 6.07) is 10.6. The molecule has 0 spiro atoms. The van der Waals surface area contributed by atoms with Gasteiger partial charge in [0.1, 0.15) is 0 Å². The molecule has 0 aliphatic heterocycles. The Hall–Kier alpha value is -1.22. The second-order valence-electron chi connectivity index (χ2n) is 3.58. The van der Waals surface area contributed by atoms with E-state index >= 15 is 0 Å². The van der Waals surface area contributed by atoms with E-state index in [4.69, 9.17) is 6.42 Å². The van der Waals surface area contributed by atoms with Crippen LogP contribution < -0.4 is 0 Å². The maximum absolute atomic E-state index is 6.77. The largest absolute Gasteiger partial charge is 0.0891 e. The van der Waals surface area contributed by atoms with Crippen LogP contribution in [0.1, 0.15) is 37.7 Å². The highest BCUT2D eigenvalue weighted by Crippen LogP contribution is 2.08. The van der Waals surface area contributed by atoms with Crippen LogP contribution in [-0.4, -0.2) is 0 Å². The molecule has 0 atom stereocenters. The molecule has 14 heavy (non-hydrogen) atoms. The summed E-state index contributed by atoms with van der Waals surface area (Å²) in [6.45, 7) is 0. The van der Waals surface area contributed by atoms with Crippen LogP contribution in [0.25, 0.3) is 0 Å². The van der Waals surface area contributed by atoms with E-state index in [-0.39, 0.29) is 0 Å². The van der Waals surface area contributed by atoms with Gasteiger partial charge in [-0.15, -0.1) is 0 Å². The zero-order valence-corrected chi connectivity index (χ0v) is 8.63. The minimum Gasteiger partial charge on any atom is -0.0891 e. The number of hydrogen-bond donors (Lipinski definition) is 0. The molecule has 0 aliphatic rings. The minimum atomic E-state index is 0.825. The first kappa shape index (κ1) is 10.9. The molecule has 0 fully saturated rings. The summed E-state index contributed by atoms with van der Waals surface area (Å²) in [6.07, 6.45) is 13.7. The van der Waals surface area contributed by atoms with Crippen molar-refractivity contribution < 1.29 is 0 Å². The van der Waals surface area contributed by atoms with Gasteiger partial charge in [0.05, 0.1) is 0 Å². The summed E-state index contributed by atoms with van der Waals surface area (Å²) in [5.41, 5.74) is 1.44. The fourth-order valence-corrected chi connectivity index (χ4v) is 1.54. The van der Waals surface area contributed by atoms with Gasteiger partial charge in [0, 0.05) is 6.42 Å². The Bertz CT molecular complexity index is 266. The van der Waals surface area contributed by atoms with Gasteiger partial charge in [-0.05, 0) is 31.2 Å². The molecule has 0 N–H and O–H groups in total. The molecule has 0 amide bonds. The molecule has 0 saturated heterocycles. The van der Waals surface area contributed by atoms with Gasteiger partial charge >= 0.3 is 0 Å². The van der Waals surface area contributed by atoms with E-state index in [2.05, 4.69) is 36.3 Å². The quantitative estimate of drug-likeness (QED) is 0.467. The number of aryl methyl sites for hydroxylation is 1. The molecule has 0 heteroatoms. The van der Waals surface area contributed by atoms with Gasteiger partial charge in [-0.3, -0.25) is 0 Å². The fraction of sp³-hybridized carbons (Fsp3) is 0.429. The molecule has 73 valence electrons. The van der Waals surface area contributed by atoms with Crippen molar-refractivity contribution >= 4 is 0 Å². The lowest BCUT2D eigenvalue weighted by Crippen LogP contribution is -1.85. The lowest BCUT2D eigenvalue weighted by molar-refractivity contribution is 0.650. The molecule has 0 unspecified atom stereocenters. The molecule has 0 heterocycles. The Balaban J connectivity index is 2.03. The summed E-state index contributed by atoms with van der Waals surface area (Å²) < 4.78 is 0. The number of unbranched alkanes of at least 4 members (excludes halogenated alkanes) is 4. The Morgan fingerprint density at radius 1 is 0.929 bits per heavy atom. The van der Waals surface area contributed by atoms with Crippen LogP contribution >= 0.6 is 0 Å². The highest BCUT2D eigenvalue weighted by atomic mass is 14.0. The third-order valence-corrected chi connectivity index (χ3v) is 2.36. The lowest BCUT2D eigenvalue weighted by atomic mass is 10.1. The molecule has 1 aromatic carbocycles. The maximum atomic E-state index is 6.77. The molecular weight excluding hydrogens is 168 g/mol. The molecule has 0 bridgehead atoms. The maximum Gasteiger partial charge on any atom is 0.00989 e. The van der Waals surface area contributed by atoms with Crippen LogP contribution in [0.15, 0.2) is 30.3 Å². The first-order valence-electron chi connectivity index (χ1n) is 5.37. The van der Waals surface area contributed by atoms with Gasteiger partial charge in [0.25, 0.3) is 0 Å². The van der Waals surface area contributed by atoms with Gasteiger partial charge in [-0.25, -0.2) is 0 Å². The van der Waals surface area contributed by atoms with Crippen molar-refractivity contribution in [1.82, 2.24) is 0 Å². The summed E-state index contributed by atoms with van der Waals surface area (Å²) in [5, 5.41) is 0. The summed E-state index contributed by atoms with van der Waals surface area (Å²) in [7, 11) is 0. The van der Waals surface area contributed by atoms with Crippen LogP contribution in [0.2, 0.25) is 0 Å². The number of rotatable bonds is 6. The Labute approximate surface area is 87.4 Å². The molecule has 1 aromatic rings.